The zero-order valence-corrected chi connectivity index (χ0v) is 19.4. The number of methoxy groups -OCH3 is 1. The van der Waals surface area contributed by atoms with Crippen molar-refractivity contribution < 1.29 is 32.0 Å². The third-order valence-corrected chi connectivity index (χ3v) is 4.97. The number of ether oxygens (including phenoxy) is 2. The van der Waals surface area contributed by atoms with E-state index in [0.717, 1.165) is 17.4 Å². The molecular weight excluding hydrogens is 424 g/mol. The van der Waals surface area contributed by atoms with Gasteiger partial charge in [0.1, 0.15) is 23.8 Å². The summed E-state index contributed by atoms with van der Waals surface area (Å²) in [7, 11) is -2.15. The molecule has 0 aliphatic rings. The summed E-state index contributed by atoms with van der Waals surface area (Å²) in [6.07, 6.45) is 1.58. The standard InChI is InChI=1S/C21H28N2O7S/c1-7-8-23(12-29-31(6,26)27)17-11-15(4)22-20(18(17)21(24)25)30-19-13(2)9-16(28-5)10-14(19)3/h9-11H,7-8,12H2,1-6H3,(H,24,25). The van der Waals surface area contributed by atoms with E-state index in [1.165, 1.54) is 0 Å². The second kappa shape index (κ2) is 9.97. The van der Waals surface area contributed by atoms with E-state index >= 15 is 0 Å². The molecule has 2 aromatic rings. The summed E-state index contributed by atoms with van der Waals surface area (Å²) < 4.78 is 39.1. The molecule has 1 N–H and O–H groups in total. The highest BCUT2D eigenvalue weighted by molar-refractivity contribution is 7.85. The summed E-state index contributed by atoms with van der Waals surface area (Å²) >= 11 is 0. The highest BCUT2D eigenvalue weighted by atomic mass is 32.2. The van der Waals surface area contributed by atoms with Crippen LogP contribution in [0.25, 0.3) is 0 Å². The summed E-state index contributed by atoms with van der Waals surface area (Å²) in [4.78, 5) is 18.0. The monoisotopic (exact) mass is 452 g/mol. The topological polar surface area (TPSA) is 115 Å². The highest BCUT2D eigenvalue weighted by Gasteiger charge is 2.25. The van der Waals surface area contributed by atoms with Gasteiger partial charge in [-0.2, -0.15) is 8.42 Å². The first-order valence-corrected chi connectivity index (χ1v) is 11.5. The molecule has 2 rings (SSSR count). The van der Waals surface area contributed by atoms with Crippen LogP contribution >= 0.6 is 0 Å². The number of hydrogen-bond donors (Lipinski definition) is 1. The Kier molecular flexibility index (Phi) is 7.85. The van der Waals surface area contributed by atoms with Gasteiger partial charge in [0.2, 0.25) is 5.88 Å². The van der Waals surface area contributed by atoms with Crippen molar-refractivity contribution >= 4 is 21.8 Å². The first kappa shape index (κ1) is 24.4. The summed E-state index contributed by atoms with van der Waals surface area (Å²) in [6.45, 7) is 7.30. The number of nitrogens with zero attached hydrogens (tertiary/aromatic N) is 2. The lowest BCUT2D eigenvalue weighted by molar-refractivity contribution is 0.0694. The third-order valence-electron chi connectivity index (χ3n) is 4.43. The number of carboxylic acids is 1. The van der Waals surface area contributed by atoms with Crippen LogP contribution in [0.4, 0.5) is 5.69 Å². The fourth-order valence-electron chi connectivity index (χ4n) is 3.12. The summed E-state index contributed by atoms with van der Waals surface area (Å²) in [5.41, 5.74) is 2.11. The molecule has 1 aromatic heterocycles. The molecule has 0 amide bonds. The molecule has 0 spiro atoms. The van der Waals surface area contributed by atoms with Crippen molar-refractivity contribution in [2.45, 2.75) is 34.1 Å². The van der Waals surface area contributed by atoms with Crippen molar-refractivity contribution in [1.82, 2.24) is 4.98 Å². The van der Waals surface area contributed by atoms with E-state index in [-0.39, 0.29) is 23.9 Å². The van der Waals surface area contributed by atoms with E-state index in [0.29, 0.717) is 30.2 Å². The Morgan fingerprint density at radius 3 is 2.26 bits per heavy atom. The number of aromatic carboxylic acids is 1. The molecule has 0 saturated carbocycles. The Morgan fingerprint density at radius 1 is 1.16 bits per heavy atom. The second-order valence-corrected chi connectivity index (χ2v) is 8.82. The van der Waals surface area contributed by atoms with E-state index < -0.39 is 16.1 Å². The van der Waals surface area contributed by atoms with Crippen LogP contribution < -0.4 is 14.4 Å². The first-order chi connectivity index (χ1) is 14.5. The molecule has 0 aliphatic carbocycles. The number of aromatic nitrogens is 1. The average molecular weight is 453 g/mol. The first-order valence-electron chi connectivity index (χ1n) is 9.64. The SMILES string of the molecule is CCCN(COS(C)(=O)=O)c1cc(C)nc(Oc2c(C)cc(OC)cc2C)c1C(=O)O. The van der Waals surface area contributed by atoms with Crippen molar-refractivity contribution in [2.24, 2.45) is 0 Å². The van der Waals surface area contributed by atoms with Crippen molar-refractivity contribution in [3.05, 3.63) is 40.6 Å². The Bertz CT molecular complexity index is 1040. The predicted molar refractivity (Wildman–Crippen MR) is 117 cm³/mol. The second-order valence-electron chi connectivity index (χ2n) is 7.17. The molecule has 0 radical (unpaired) electrons. The van der Waals surface area contributed by atoms with Crippen molar-refractivity contribution in [1.29, 1.82) is 0 Å². The maximum Gasteiger partial charge on any atom is 0.343 e. The Hall–Kier alpha value is -2.85. The van der Waals surface area contributed by atoms with E-state index in [1.54, 1.807) is 37.1 Å². The number of benzene rings is 1. The van der Waals surface area contributed by atoms with Crippen molar-refractivity contribution in [2.75, 3.05) is 31.5 Å². The molecule has 170 valence electrons. The normalized spacial score (nSPS) is 11.3. The van der Waals surface area contributed by atoms with Crippen LogP contribution in [0.5, 0.6) is 17.4 Å². The number of pyridine rings is 1. The van der Waals surface area contributed by atoms with Gasteiger partial charge in [-0.05, 0) is 56.5 Å². The Labute approximate surface area is 182 Å². The lowest BCUT2D eigenvalue weighted by atomic mass is 10.1. The molecule has 0 aliphatic heterocycles. The van der Waals surface area contributed by atoms with Gasteiger partial charge < -0.3 is 19.5 Å². The number of rotatable bonds is 10. The van der Waals surface area contributed by atoms with Crippen LogP contribution in [0.15, 0.2) is 18.2 Å². The van der Waals surface area contributed by atoms with Crippen LogP contribution in [0.1, 0.15) is 40.5 Å². The molecule has 1 heterocycles. The predicted octanol–water partition coefficient (Wildman–Crippen LogP) is 3.66. The van der Waals surface area contributed by atoms with E-state index in [2.05, 4.69) is 4.98 Å². The van der Waals surface area contributed by atoms with Crippen LogP contribution in [0.3, 0.4) is 0 Å². The Morgan fingerprint density at radius 2 is 1.77 bits per heavy atom. The Balaban J connectivity index is 2.60. The number of anilines is 1. The lowest BCUT2D eigenvalue weighted by Crippen LogP contribution is -2.30. The zero-order chi connectivity index (χ0) is 23.3. The molecule has 0 bridgehead atoms. The van der Waals surface area contributed by atoms with Crippen LogP contribution in [0, 0.1) is 20.8 Å². The van der Waals surface area contributed by atoms with Gasteiger partial charge in [0, 0.05) is 12.2 Å². The zero-order valence-electron chi connectivity index (χ0n) is 18.6. The number of carboxylic acid groups (broad SMARTS) is 1. The average Bonchev–Trinajstić information content (AvgIpc) is 2.66. The van der Waals surface area contributed by atoms with Crippen LogP contribution in [-0.4, -0.2) is 51.1 Å². The van der Waals surface area contributed by atoms with Gasteiger partial charge in [0.25, 0.3) is 10.1 Å². The quantitative estimate of drug-likeness (QED) is 0.426. The smallest absolute Gasteiger partial charge is 0.343 e. The van der Waals surface area contributed by atoms with Gasteiger partial charge in [0.05, 0.1) is 19.1 Å². The highest BCUT2D eigenvalue weighted by Crippen LogP contribution is 2.36. The largest absolute Gasteiger partial charge is 0.497 e. The van der Waals surface area contributed by atoms with Gasteiger partial charge >= 0.3 is 5.97 Å². The van der Waals surface area contributed by atoms with Gasteiger partial charge in [-0.1, -0.05) is 6.92 Å². The van der Waals surface area contributed by atoms with E-state index in [4.69, 9.17) is 13.7 Å². The van der Waals surface area contributed by atoms with E-state index in [9.17, 15) is 18.3 Å². The van der Waals surface area contributed by atoms with Gasteiger partial charge in [-0.25, -0.2) is 14.0 Å². The minimum atomic E-state index is -3.71. The number of hydrogen-bond acceptors (Lipinski definition) is 8. The molecule has 1 aromatic carbocycles. The molecule has 0 atom stereocenters. The summed E-state index contributed by atoms with van der Waals surface area (Å²) in [5.74, 6) is -0.200. The molecule has 31 heavy (non-hydrogen) atoms. The van der Waals surface area contributed by atoms with Gasteiger partial charge in [0.15, 0.2) is 0 Å². The summed E-state index contributed by atoms with van der Waals surface area (Å²) in [6, 6.07) is 5.14. The number of aryl methyl sites for hydroxylation is 3. The molecule has 0 unspecified atom stereocenters. The maximum absolute atomic E-state index is 12.2. The van der Waals surface area contributed by atoms with Crippen LogP contribution in [0.2, 0.25) is 0 Å². The summed E-state index contributed by atoms with van der Waals surface area (Å²) in [5, 5.41) is 9.96. The molecule has 9 nitrogen and oxygen atoms in total. The van der Waals surface area contributed by atoms with E-state index in [1.807, 2.05) is 20.8 Å². The number of carbonyl (C=O) groups is 1. The maximum atomic E-state index is 12.2. The van der Waals surface area contributed by atoms with Crippen LogP contribution in [-0.2, 0) is 14.3 Å². The molecule has 0 fully saturated rings. The minimum absolute atomic E-state index is 0.0840. The third kappa shape index (κ3) is 6.31. The van der Waals surface area contributed by atoms with Crippen molar-refractivity contribution in [3.63, 3.8) is 0 Å². The van der Waals surface area contributed by atoms with Gasteiger partial charge in [-0.15, -0.1) is 0 Å². The molecule has 10 heteroatoms. The van der Waals surface area contributed by atoms with Crippen molar-refractivity contribution in [3.8, 4) is 17.4 Å². The minimum Gasteiger partial charge on any atom is -0.497 e. The molecular formula is C21H28N2O7S. The van der Waals surface area contributed by atoms with Gasteiger partial charge in [-0.3, -0.25) is 0 Å². The lowest BCUT2D eigenvalue weighted by Gasteiger charge is -2.26. The fraction of sp³-hybridized carbons (Fsp3) is 0.429. The molecule has 0 saturated heterocycles. The fourth-order valence-corrected chi connectivity index (χ4v) is 3.44.